The summed E-state index contributed by atoms with van der Waals surface area (Å²) in [5, 5.41) is 24.1. The van der Waals surface area contributed by atoms with Gasteiger partial charge < -0.3 is 15.7 Å². The number of aliphatic hydroxyl groups is 1. The van der Waals surface area contributed by atoms with Gasteiger partial charge >= 0.3 is 0 Å². The van der Waals surface area contributed by atoms with Crippen LogP contribution in [0.15, 0.2) is 59.9 Å². The van der Waals surface area contributed by atoms with Gasteiger partial charge in [0, 0.05) is 43.4 Å². The van der Waals surface area contributed by atoms with Crippen molar-refractivity contribution in [2.45, 2.75) is 25.2 Å². The van der Waals surface area contributed by atoms with Crippen LogP contribution < -0.4 is 10.6 Å². The molecule has 3 rings (SSSR count). The molecule has 0 aliphatic carbocycles. The van der Waals surface area contributed by atoms with Gasteiger partial charge in [0.05, 0.1) is 12.7 Å². The lowest BCUT2D eigenvalue weighted by Gasteiger charge is -2.20. The van der Waals surface area contributed by atoms with Gasteiger partial charge in [-0.1, -0.05) is 42.5 Å². The Morgan fingerprint density at radius 2 is 2.00 bits per heavy atom. The van der Waals surface area contributed by atoms with Crippen molar-refractivity contribution in [1.82, 2.24) is 20.4 Å². The van der Waals surface area contributed by atoms with Crippen LogP contribution in [0.2, 0.25) is 0 Å². The van der Waals surface area contributed by atoms with Crippen molar-refractivity contribution >= 4 is 28.5 Å². The minimum absolute atomic E-state index is 0.261. The zero-order valence-electron chi connectivity index (χ0n) is 17.9. The van der Waals surface area contributed by atoms with Crippen LogP contribution >= 0.6 is 11.8 Å². The Labute approximate surface area is 182 Å². The van der Waals surface area contributed by atoms with Crippen molar-refractivity contribution in [3.05, 3.63) is 66.0 Å². The smallest absolute Gasteiger partial charge is 0.191 e. The highest BCUT2D eigenvalue weighted by molar-refractivity contribution is 7.98. The number of rotatable bonds is 9. The monoisotopic (exact) mass is 425 g/mol. The molecule has 0 amide bonds. The van der Waals surface area contributed by atoms with E-state index >= 15 is 0 Å². The Morgan fingerprint density at radius 1 is 1.20 bits per heavy atom. The minimum atomic E-state index is -1.06. The molecule has 0 fully saturated rings. The fourth-order valence-electron chi connectivity index (χ4n) is 3.21. The Hall–Kier alpha value is -2.51. The number of benzene rings is 2. The van der Waals surface area contributed by atoms with E-state index in [0.29, 0.717) is 5.96 Å². The van der Waals surface area contributed by atoms with E-state index in [1.807, 2.05) is 31.9 Å². The van der Waals surface area contributed by atoms with Gasteiger partial charge in [0.25, 0.3) is 0 Å². The molecule has 0 saturated heterocycles. The first-order chi connectivity index (χ1) is 14.5. The Kier molecular flexibility index (Phi) is 7.76. The summed E-state index contributed by atoms with van der Waals surface area (Å²) in [5.41, 5.74) is 1.07. The fraction of sp³-hybridized carbons (Fsp3) is 0.391. The second kappa shape index (κ2) is 10.5. The first-order valence-electron chi connectivity index (χ1n) is 10.3. The van der Waals surface area contributed by atoms with Gasteiger partial charge in [-0.2, -0.15) is 16.9 Å². The average Bonchev–Trinajstić information content (AvgIpc) is 3.19. The molecule has 6 nitrogen and oxygen atoms in total. The fourth-order valence-corrected chi connectivity index (χ4v) is 4.07. The number of guanidine groups is 1. The van der Waals surface area contributed by atoms with Gasteiger partial charge in [-0.3, -0.25) is 4.68 Å². The summed E-state index contributed by atoms with van der Waals surface area (Å²) in [5.74, 6) is 2.66. The third-order valence-electron chi connectivity index (χ3n) is 4.89. The summed E-state index contributed by atoms with van der Waals surface area (Å²) < 4.78 is 1.68. The van der Waals surface area contributed by atoms with Gasteiger partial charge in [0.15, 0.2) is 5.96 Å². The highest BCUT2D eigenvalue weighted by Crippen LogP contribution is 2.22. The van der Waals surface area contributed by atoms with Crippen LogP contribution in [0.3, 0.4) is 0 Å². The molecule has 0 aliphatic rings. The standard InChI is InChI=1S/C23H31N5OS/c1-4-24-22(26-17-23(2,29)20-14-27-28(3)15-20)25-12-13-30-16-19-10-7-9-18-8-5-6-11-21(18)19/h5-11,14-15,29H,4,12-13,16-17H2,1-3H3,(H2,24,25,26). The molecule has 0 saturated carbocycles. The summed E-state index contributed by atoms with van der Waals surface area (Å²) in [6.07, 6.45) is 3.50. The molecular formula is C23H31N5OS. The molecule has 0 aliphatic heterocycles. The van der Waals surface area contributed by atoms with Crippen LogP contribution in [0.1, 0.15) is 25.0 Å². The lowest BCUT2D eigenvalue weighted by atomic mass is 10.0. The molecule has 7 heteroatoms. The van der Waals surface area contributed by atoms with E-state index in [0.717, 1.165) is 30.2 Å². The molecule has 3 aromatic rings. The van der Waals surface area contributed by atoms with Crippen molar-refractivity contribution in [2.24, 2.45) is 12.0 Å². The van der Waals surface area contributed by atoms with Crippen LogP contribution in [0, 0.1) is 0 Å². The summed E-state index contributed by atoms with van der Waals surface area (Å²) in [6.45, 7) is 5.63. The van der Waals surface area contributed by atoms with Gasteiger partial charge in [-0.25, -0.2) is 4.99 Å². The molecular weight excluding hydrogens is 394 g/mol. The maximum Gasteiger partial charge on any atom is 0.191 e. The summed E-state index contributed by atoms with van der Waals surface area (Å²) in [4.78, 5) is 4.57. The molecule has 1 atom stereocenters. The lowest BCUT2D eigenvalue weighted by molar-refractivity contribution is 0.0672. The van der Waals surface area contributed by atoms with Crippen LogP contribution in [0.4, 0.5) is 0 Å². The lowest BCUT2D eigenvalue weighted by Crippen LogP contribution is -2.39. The molecule has 0 bridgehead atoms. The van der Waals surface area contributed by atoms with Crippen molar-refractivity contribution in [1.29, 1.82) is 0 Å². The molecule has 0 spiro atoms. The van der Waals surface area contributed by atoms with Crippen molar-refractivity contribution in [3.63, 3.8) is 0 Å². The zero-order valence-corrected chi connectivity index (χ0v) is 18.7. The summed E-state index contributed by atoms with van der Waals surface area (Å²) >= 11 is 1.90. The van der Waals surface area contributed by atoms with E-state index in [1.165, 1.54) is 16.3 Å². The van der Waals surface area contributed by atoms with Gasteiger partial charge in [-0.15, -0.1) is 0 Å². The maximum atomic E-state index is 10.7. The second-order valence-electron chi connectivity index (χ2n) is 7.49. The van der Waals surface area contributed by atoms with Gasteiger partial charge in [0.2, 0.25) is 0 Å². The highest BCUT2D eigenvalue weighted by Gasteiger charge is 2.24. The van der Waals surface area contributed by atoms with E-state index in [2.05, 4.69) is 63.2 Å². The highest BCUT2D eigenvalue weighted by atomic mass is 32.2. The number of aromatic nitrogens is 2. The molecule has 2 aromatic carbocycles. The Balaban J connectivity index is 1.49. The van der Waals surface area contributed by atoms with Crippen molar-refractivity contribution in [2.75, 3.05) is 25.4 Å². The molecule has 1 unspecified atom stereocenters. The van der Waals surface area contributed by atoms with Crippen LogP contribution in [-0.2, 0) is 18.4 Å². The van der Waals surface area contributed by atoms with Gasteiger partial charge in [0.1, 0.15) is 5.60 Å². The first kappa shape index (κ1) is 22.2. The zero-order chi connectivity index (χ0) is 21.4. The van der Waals surface area contributed by atoms with E-state index < -0.39 is 5.60 Å². The largest absolute Gasteiger partial charge is 0.383 e. The minimum Gasteiger partial charge on any atom is -0.383 e. The number of fused-ring (bicyclic) bond motifs is 1. The topological polar surface area (TPSA) is 74.5 Å². The molecule has 160 valence electrons. The van der Waals surface area contributed by atoms with E-state index in [9.17, 15) is 5.11 Å². The SMILES string of the molecule is CCNC(=NCC(C)(O)c1cnn(C)c1)NCCSCc1cccc2ccccc12. The van der Waals surface area contributed by atoms with Crippen molar-refractivity contribution < 1.29 is 5.11 Å². The van der Waals surface area contributed by atoms with Crippen LogP contribution in [0.5, 0.6) is 0 Å². The van der Waals surface area contributed by atoms with E-state index in [1.54, 1.807) is 17.8 Å². The van der Waals surface area contributed by atoms with E-state index in [4.69, 9.17) is 0 Å². The normalized spacial score (nSPS) is 13.9. The molecule has 1 heterocycles. The number of aliphatic imine (C=N–C) groups is 1. The van der Waals surface area contributed by atoms with Crippen LogP contribution in [0.25, 0.3) is 10.8 Å². The molecule has 30 heavy (non-hydrogen) atoms. The third kappa shape index (κ3) is 6.00. The molecule has 3 N–H and O–H groups in total. The number of aryl methyl sites for hydroxylation is 1. The number of hydrogen-bond donors (Lipinski definition) is 3. The number of thioether (sulfide) groups is 1. The predicted octanol–water partition coefficient (Wildman–Crippen LogP) is 3.27. The second-order valence-corrected chi connectivity index (χ2v) is 8.59. The quantitative estimate of drug-likeness (QED) is 0.279. The van der Waals surface area contributed by atoms with Crippen LogP contribution in [-0.4, -0.2) is 46.2 Å². The molecule has 1 aromatic heterocycles. The van der Waals surface area contributed by atoms with Gasteiger partial charge in [-0.05, 0) is 30.2 Å². The third-order valence-corrected chi connectivity index (χ3v) is 5.90. The summed E-state index contributed by atoms with van der Waals surface area (Å²) in [6, 6.07) is 15.0. The Bertz CT molecular complexity index is 977. The summed E-state index contributed by atoms with van der Waals surface area (Å²) in [7, 11) is 1.84. The first-order valence-corrected chi connectivity index (χ1v) is 11.4. The maximum absolute atomic E-state index is 10.7. The predicted molar refractivity (Wildman–Crippen MR) is 127 cm³/mol. The average molecular weight is 426 g/mol. The van der Waals surface area contributed by atoms with E-state index in [-0.39, 0.29) is 6.54 Å². The van der Waals surface area contributed by atoms with Crippen molar-refractivity contribution in [3.8, 4) is 0 Å². The number of nitrogens with zero attached hydrogens (tertiary/aromatic N) is 3. The number of hydrogen-bond acceptors (Lipinski definition) is 4. The Morgan fingerprint density at radius 3 is 2.77 bits per heavy atom. The number of nitrogens with one attached hydrogen (secondary N) is 2. The molecule has 0 radical (unpaired) electrons.